The number of rotatable bonds is 10. The van der Waals surface area contributed by atoms with Crippen LogP contribution in [0.15, 0.2) is 54.7 Å². The quantitative estimate of drug-likeness (QED) is 0.340. The van der Waals surface area contributed by atoms with Crippen LogP contribution in [0, 0.1) is 11.8 Å². The Morgan fingerprint density at radius 2 is 2.00 bits per heavy atom. The fourth-order valence-electron chi connectivity index (χ4n) is 4.24. The van der Waals surface area contributed by atoms with Crippen LogP contribution in [-0.4, -0.2) is 30.0 Å². The van der Waals surface area contributed by atoms with Crippen molar-refractivity contribution < 1.29 is 23.8 Å². The molecule has 8 heteroatoms. The van der Waals surface area contributed by atoms with Gasteiger partial charge in [-0.2, -0.15) is 0 Å². The molecule has 0 aliphatic carbocycles. The molecule has 0 radical (unpaired) electrons. The maximum atomic E-state index is 12.7. The van der Waals surface area contributed by atoms with Crippen molar-refractivity contribution in [2.45, 2.75) is 46.1 Å². The maximum absolute atomic E-state index is 12.7. The number of carbonyl (C=O) groups is 2. The Morgan fingerprint density at radius 1 is 1.19 bits per heavy atom. The summed E-state index contributed by atoms with van der Waals surface area (Å²) in [6.07, 6.45) is 3.96. The van der Waals surface area contributed by atoms with Crippen molar-refractivity contribution in [3.8, 4) is 16.7 Å². The van der Waals surface area contributed by atoms with Crippen LogP contribution in [0.5, 0.6) is 16.7 Å². The molecule has 2 atom stereocenters. The van der Waals surface area contributed by atoms with Gasteiger partial charge in [-0.1, -0.05) is 55.5 Å². The van der Waals surface area contributed by atoms with Crippen LogP contribution in [0.3, 0.4) is 0 Å². The minimum atomic E-state index is -0.378. The summed E-state index contributed by atoms with van der Waals surface area (Å²) in [7, 11) is 0. The number of nitrogens with zero attached hydrogens (tertiary/aromatic N) is 1. The third-order valence-electron chi connectivity index (χ3n) is 5.95. The number of hydrogen-bond donors (Lipinski definition) is 1. The molecule has 36 heavy (non-hydrogen) atoms. The fourth-order valence-corrected chi connectivity index (χ4v) is 4.94. The fraction of sp³-hybridized carbons (Fsp3) is 0.393. The lowest BCUT2D eigenvalue weighted by molar-refractivity contribution is -0.148. The number of aromatic nitrogens is 1. The van der Waals surface area contributed by atoms with Gasteiger partial charge in [0.2, 0.25) is 0 Å². The molecule has 1 N–H and O–H groups in total. The van der Waals surface area contributed by atoms with Crippen molar-refractivity contribution in [2.24, 2.45) is 11.8 Å². The zero-order chi connectivity index (χ0) is 25.5. The summed E-state index contributed by atoms with van der Waals surface area (Å²) >= 11 is 1.16. The van der Waals surface area contributed by atoms with Crippen molar-refractivity contribution in [3.63, 3.8) is 0 Å². The monoisotopic (exact) mass is 508 g/mol. The van der Waals surface area contributed by atoms with Crippen molar-refractivity contribution in [2.75, 3.05) is 13.2 Å². The summed E-state index contributed by atoms with van der Waals surface area (Å²) in [6.45, 7) is 6.39. The summed E-state index contributed by atoms with van der Waals surface area (Å²) in [5.41, 5.74) is 2.26. The first-order valence-corrected chi connectivity index (χ1v) is 13.2. The Bertz CT molecular complexity index is 1180. The molecule has 1 aromatic heterocycles. The van der Waals surface area contributed by atoms with Crippen LogP contribution in [0.25, 0.3) is 0 Å². The molecule has 0 bridgehead atoms. The van der Waals surface area contributed by atoms with Gasteiger partial charge in [0.25, 0.3) is 11.1 Å². The van der Waals surface area contributed by atoms with Crippen molar-refractivity contribution >= 4 is 23.2 Å². The Hall–Kier alpha value is -3.39. The molecule has 0 saturated carbocycles. The summed E-state index contributed by atoms with van der Waals surface area (Å²) < 4.78 is 17.3. The number of fused-ring (bicyclic) bond motifs is 1. The molecule has 4 rings (SSSR count). The number of aryl methyl sites for hydroxylation is 1. The molecule has 3 aromatic rings. The summed E-state index contributed by atoms with van der Waals surface area (Å²) in [4.78, 5) is 29.5. The normalized spacial score (nSPS) is 15.5. The van der Waals surface area contributed by atoms with E-state index in [0.29, 0.717) is 34.8 Å². The Labute approximate surface area is 215 Å². The molecule has 1 unspecified atom stereocenters. The van der Waals surface area contributed by atoms with Gasteiger partial charge < -0.3 is 19.5 Å². The second kappa shape index (κ2) is 12.0. The Morgan fingerprint density at radius 3 is 2.75 bits per heavy atom. The molecule has 7 nitrogen and oxygen atoms in total. The molecule has 190 valence electrons. The predicted molar refractivity (Wildman–Crippen MR) is 139 cm³/mol. The van der Waals surface area contributed by atoms with Crippen molar-refractivity contribution in [3.05, 3.63) is 70.7 Å². The van der Waals surface area contributed by atoms with Gasteiger partial charge in [-0.25, -0.2) is 4.98 Å². The first-order chi connectivity index (χ1) is 17.4. The second-order valence-electron chi connectivity index (χ2n) is 9.21. The number of benzene rings is 2. The zero-order valence-electron chi connectivity index (χ0n) is 20.9. The lowest BCUT2D eigenvalue weighted by Crippen LogP contribution is -2.34. The van der Waals surface area contributed by atoms with E-state index in [0.717, 1.165) is 35.5 Å². The molecule has 2 aromatic carbocycles. The third kappa shape index (κ3) is 6.63. The predicted octanol–water partition coefficient (Wildman–Crippen LogP) is 5.96. The van der Waals surface area contributed by atoms with Crippen LogP contribution in [-0.2, 0) is 16.0 Å². The zero-order valence-corrected chi connectivity index (χ0v) is 21.7. The van der Waals surface area contributed by atoms with E-state index in [9.17, 15) is 9.59 Å². The molecule has 0 saturated heterocycles. The van der Waals surface area contributed by atoms with E-state index in [-0.39, 0.29) is 30.4 Å². The number of carbonyl (C=O) groups excluding carboxylic acids is 2. The Balaban J connectivity index is 1.34. The topological polar surface area (TPSA) is 86.8 Å². The van der Waals surface area contributed by atoms with Crippen molar-refractivity contribution in [1.29, 1.82) is 0 Å². The molecule has 0 spiro atoms. The molecule has 1 aliphatic rings. The van der Waals surface area contributed by atoms with Crippen LogP contribution < -0.4 is 14.8 Å². The summed E-state index contributed by atoms with van der Waals surface area (Å²) in [5, 5.41) is 3.22. The maximum Gasteiger partial charge on any atom is 0.310 e. The van der Waals surface area contributed by atoms with Crippen LogP contribution in [0.1, 0.15) is 60.5 Å². The highest BCUT2D eigenvalue weighted by molar-refractivity contribution is 7.15. The minimum Gasteiger partial charge on any atom is -0.485 e. The highest BCUT2D eigenvalue weighted by Crippen LogP contribution is 2.38. The van der Waals surface area contributed by atoms with Crippen LogP contribution in [0.4, 0.5) is 0 Å². The Kier molecular flexibility index (Phi) is 8.59. The first-order valence-electron chi connectivity index (χ1n) is 12.4. The molecular weight excluding hydrogens is 476 g/mol. The van der Waals surface area contributed by atoms with E-state index in [1.807, 2.05) is 50.2 Å². The summed E-state index contributed by atoms with van der Waals surface area (Å²) in [5.74, 6) is 0.871. The number of ether oxygens (including phenoxy) is 3. The minimum absolute atomic E-state index is 0.0504. The lowest BCUT2D eigenvalue weighted by Gasteiger charge is -2.26. The van der Waals surface area contributed by atoms with E-state index < -0.39 is 0 Å². The third-order valence-corrected chi connectivity index (χ3v) is 6.82. The van der Waals surface area contributed by atoms with Gasteiger partial charge in [0.15, 0.2) is 0 Å². The van der Waals surface area contributed by atoms with Gasteiger partial charge in [0.1, 0.15) is 22.5 Å². The molecule has 1 amide bonds. The standard InChI is InChI=1S/C28H32N2O5S/c1-4-33-27(32)21(14-18(2)3)16-29-26(31)25-17-30-28(36-25)34-22-11-13-24-20(15-22)10-12-23(35-24)19-8-6-5-7-9-19/h5-9,11,13,15,17-18,21,23H,4,10,12,14,16H2,1-3H3,(H,29,31)/t21?,23-/m0/s1. The molecule has 0 fully saturated rings. The van der Waals surface area contributed by atoms with Crippen molar-refractivity contribution in [1.82, 2.24) is 10.3 Å². The van der Waals surface area contributed by atoms with Gasteiger partial charge in [0.05, 0.1) is 18.7 Å². The average molecular weight is 509 g/mol. The second-order valence-corrected chi connectivity index (χ2v) is 10.2. The van der Waals surface area contributed by atoms with Gasteiger partial charge in [-0.15, -0.1) is 0 Å². The highest BCUT2D eigenvalue weighted by atomic mass is 32.1. The van der Waals surface area contributed by atoms with E-state index >= 15 is 0 Å². The van der Waals surface area contributed by atoms with E-state index in [4.69, 9.17) is 14.2 Å². The van der Waals surface area contributed by atoms with Gasteiger partial charge >= 0.3 is 5.97 Å². The average Bonchev–Trinajstić information content (AvgIpc) is 3.35. The lowest BCUT2D eigenvalue weighted by atomic mass is 9.97. The number of nitrogens with one attached hydrogen (secondary N) is 1. The van der Waals surface area contributed by atoms with E-state index in [1.165, 1.54) is 11.8 Å². The van der Waals surface area contributed by atoms with E-state index in [1.54, 1.807) is 6.92 Å². The van der Waals surface area contributed by atoms with Crippen LogP contribution >= 0.6 is 11.3 Å². The number of hydrogen-bond acceptors (Lipinski definition) is 7. The SMILES string of the molecule is CCOC(=O)C(CNC(=O)c1cnc(Oc2ccc3c(c2)CC[C@@H](c2ccccc2)O3)s1)CC(C)C. The summed E-state index contributed by atoms with van der Waals surface area (Å²) in [6, 6.07) is 16.0. The highest BCUT2D eigenvalue weighted by Gasteiger charge is 2.24. The smallest absolute Gasteiger partial charge is 0.310 e. The molecule has 1 aliphatic heterocycles. The van der Waals surface area contributed by atoms with E-state index in [2.05, 4.69) is 22.4 Å². The van der Waals surface area contributed by atoms with Crippen LogP contribution in [0.2, 0.25) is 0 Å². The number of esters is 1. The first kappa shape index (κ1) is 25.7. The molecule has 2 heterocycles. The van der Waals surface area contributed by atoms with Gasteiger partial charge in [-0.05, 0) is 61.4 Å². The van der Waals surface area contributed by atoms with Gasteiger partial charge in [-0.3, -0.25) is 9.59 Å². The van der Waals surface area contributed by atoms with Gasteiger partial charge in [0, 0.05) is 6.54 Å². The number of thiazole rings is 1. The molecular formula is C28H32N2O5S. The number of amides is 1. The largest absolute Gasteiger partial charge is 0.485 e.